The van der Waals surface area contributed by atoms with Crippen LogP contribution in [0.3, 0.4) is 0 Å². The third-order valence-electron chi connectivity index (χ3n) is 3.96. The molecule has 0 saturated carbocycles. The van der Waals surface area contributed by atoms with Gasteiger partial charge in [0.2, 0.25) is 0 Å². The fourth-order valence-electron chi connectivity index (χ4n) is 2.90. The standard InChI is InChI=1S/C16H20N4O4/c1-3-23-14-6-4-5-13(16(14)20(21)22)19-7-8-24-15(11-19)12-9-17-18(2)10-12/h4-6,9-10,15H,3,7-8,11H2,1-2H3. The van der Waals surface area contributed by atoms with Crippen LogP contribution >= 0.6 is 0 Å². The van der Waals surface area contributed by atoms with E-state index in [-0.39, 0.29) is 16.7 Å². The number of nitro groups is 1. The molecule has 24 heavy (non-hydrogen) atoms. The highest BCUT2D eigenvalue weighted by Gasteiger charge is 2.30. The zero-order chi connectivity index (χ0) is 17.1. The van der Waals surface area contributed by atoms with Crippen LogP contribution < -0.4 is 9.64 Å². The van der Waals surface area contributed by atoms with E-state index in [1.54, 1.807) is 29.1 Å². The molecule has 1 fully saturated rings. The molecule has 1 saturated heterocycles. The number of nitro benzene ring substituents is 1. The van der Waals surface area contributed by atoms with E-state index in [1.165, 1.54) is 0 Å². The predicted molar refractivity (Wildman–Crippen MR) is 88.4 cm³/mol. The monoisotopic (exact) mass is 332 g/mol. The Morgan fingerprint density at radius 3 is 3.00 bits per heavy atom. The Hall–Kier alpha value is -2.61. The molecule has 0 bridgehead atoms. The number of aryl methyl sites for hydroxylation is 1. The quantitative estimate of drug-likeness (QED) is 0.617. The smallest absolute Gasteiger partial charge is 0.333 e. The zero-order valence-electron chi connectivity index (χ0n) is 13.7. The molecule has 0 amide bonds. The van der Waals surface area contributed by atoms with Crippen LogP contribution in [0, 0.1) is 10.1 Å². The molecule has 8 heteroatoms. The molecule has 1 aliphatic rings. The van der Waals surface area contributed by atoms with E-state index in [0.29, 0.717) is 37.7 Å². The zero-order valence-corrected chi connectivity index (χ0v) is 13.7. The molecule has 1 aromatic heterocycles. The van der Waals surface area contributed by atoms with E-state index in [9.17, 15) is 10.1 Å². The van der Waals surface area contributed by atoms with Crippen molar-refractivity contribution in [3.05, 3.63) is 46.3 Å². The predicted octanol–water partition coefficient (Wildman–Crippen LogP) is 2.30. The van der Waals surface area contributed by atoms with E-state index < -0.39 is 0 Å². The number of nitrogens with zero attached hydrogens (tertiary/aromatic N) is 4. The fraction of sp³-hybridized carbons (Fsp3) is 0.438. The van der Waals surface area contributed by atoms with Gasteiger partial charge in [0, 0.05) is 31.9 Å². The average molecular weight is 332 g/mol. The molecule has 128 valence electrons. The first-order chi connectivity index (χ1) is 11.6. The fourth-order valence-corrected chi connectivity index (χ4v) is 2.90. The van der Waals surface area contributed by atoms with Crippen molar-refractivity contribution < 1.29 is 14.4 Å². The molecule has 8 nitrogen and oxygen atoms in total. The molecule has 1 atom stereocenters. The van der Waals surface area contributed by atoms with Gasteiger partial charge in [-0.05, 0) is 19.1 Å². The summed E-state index contributed by atoms with van der Waals surface area (Å²) >= 11 is 0. The van der Waals surface area contributed by atoms with Gasteiger partial charge in [-0.2, -0.15) is 5.10 Å². The molecular weight excluding hydrogens is 312 g/mol. The van der Waals surface area contributed by atoms with Gasteiger partial charge in [-0.15, -0.1) is 0 Å². The Kier molecular flexibility index (Phi) is 4.66. The second-order valence-electron chi connectivity index (χ2n) is 5.57. The van der Waals surface area contributed by atoms with Crippen molar-refractivity contribution in [3.8, 4) is 5.75 Å². The molecule has 0 N–H and O–H groups in total. The maximum atomic E-state index is 11.6. The number of anilines is 1. The Morgan fingerprint density at radius 2 is 2.33 bits per heavy atom. The van der Waals surface area contributed by atoms with Gasteiger partial charge in [0.1, 0.15) is 11.8 Å². The maximum absolute atomic E-state index is 11.6. The summed E-state index contributed by atoms with van der Waals surface area (Å²) in [5.74, 6) is 0.296. The number of hydrogen-bond donors (Lipinski definition) is 0. The first-order valence-corrected chi connectivity index (χ1v) is 7.85. The second-order valence-corrected chi connectivity index (χ2v) is 5.57. The molecule has 0 radical (unpaired) electrons. The van der Waals surface area contributed by atoms with Gasteiger partial charge in [0.15, 0.2) is 5.75 Å². The van der Waals surface area contributed by atoms with Crippen molar-refractivity contribution in [1.29, 1.82) is 0 Å². The van der Waals surface area contributed by atoms with Crippen LogP contribution in [0.2, 0.25) is 0 Å². The highest BCUT2D eigenvalue weighted by Crippen LogP contribution is 2.39. The first kappa shape index (κ1) is 16.3. The van der Waals surface area contributed by atoms with Gasteiger partial charge in [-0.3, -0.25) is 14.8 Å². The maximum Gasteiger partial charge on any atom is 0.333 e. The van der Waals surface area contributed by atoms with Crippen LogP contribution in [0.5, 0.6) is 5.75 Å². The molecule has 2 aromatic rings. The van der Waals surface area contributed by atoms with E-state index in [0.717, 1.165) is 5.56 Å². The minimum absolute atomic E-state index is 0.00573. The Labute approximate surface area is 139 Å². The summed E-state index contributed by atoms with van der Waals surface area (Å²) < 4.78 is 13.0. The lowest BCUT2D eigenvalue weighted by molar-refractivity contribution is -0.385. The lowest BCUT2D eigenvalue weighted by Gasteiger charge is -2.34. The van der Waals surface area contributed by atoms with Gasteiger partial charge in [-0.1, -0.05) is 6.07 Å². The van der Waals surface area contributed by atoms with E-state index >= 15 is 0 Å². The number of morpholine rings is 1. The highest BCUT2D eigenvalue weighted by molar-refractivity contribution is 5.70. The topological polar surface area (TPSA) is 82.7 Å². The lowest BCUT2D eigenvalue weighted by atomic mass is 10.1. The molecule has 1 unspecified atom stereocenters. The van der Waals surface area contributed by atoms with Crippen molar-refractivity contribution in [1.82, 2.24) is 9.78 Å². The van der Waals surface area contributed by atoms with Crippen molar-refractivity contribution in [3.63, 3.8) is 0 Å². The average Bonchev–Trinajstić information content (AvgIpc) is 3.01. The minimum atomic E-state index is -0.380. The Balaban J connectivity index is 1.90. The summed E-state index contributed by atoms with van der Waals surface area (Å²) in [6.45, 7) is 3.81. The third-order valence-corrected chi connectivity index (χ3v) is 3.96. The van der Waals surface area contributed by atoms with E-state index in [1.807, 2.05) is 25.1 Å². The Morgan fingerprint density at radius 1 is 1.50 bits per heavy atom. The van der Waals surface area contributed by atoms with Crippen molar-refractivity contribution in [2.75, 3.05) is 31.2 Å². The van der Waals surface area contributed by atoms with Crippen LogP contribution in [-0.4, -0.2) is 41.0 Å². The van der Waals surface area contributed by atoms with Crippen LogP contribution in [-0.2, 0) is 11.8 Å². The largest absolute Gasteiger partial charge is 0.487 e. The summed E-state index contributed by atoms with van der Waals surface area (Å²) in [5, 5.41) is 15.7. The Bertz CT molecular complexity index is 731. The summed E-state index contributed by atoms with van der Waals surface area (Å²) in [6, 6.07) is 5.17. The van der Waals surface area contributed by atoms with Crippen LogP contribution in [0.15, 0.2) is 30.6 Å². The van der Waals surface area contributed by atoms with Gasteiger partial charge >= 0.3 is 5.69 Å². The molecular formula is C16H20N4O4. The molecule has 2 heterocycles. The highest BCUT2D eigenvalue weighted by atomic mass is 16.6. The summed E-state index contributed by atoms with van der Waals surface area (Å²) in [5.41, 5.74) is 1.53. The molecule has 1 aliphatic heterocycles. The van der Waals surface area contributed by atoms with Gasteiger partial charge in [-0.25, -0.2) is 0 Å². The number of ether oxygens (including phenoxy) is 2. The van der Waals surface area contributed by atoms with E-state index in [2.05, 4.69) is 5.10 Å². The number of aromatic nitrogens is 2. The van der Waals surface area contributed by atoms with Crippen molar-refractivity contribution in [2.24, 2.45) is 7.05 Å². The van der Waals surface area contributed by atoms with Gasteiger partial charge in [0.05, 0.1) is 24.3 Å². The van der Waals surface area contributed by atoms with Gasteiger partial charge in [0.25, 0.3) is 0 Å². The normalized spacial score (nSPS) is 17.8. The molecule has 1 aromatic carbocycles. The van der Waals surface area contributed by atoms with Crippen LogP contribution in [0.1, 0.15) is 18.6 Å². The molecule has 3 rings (SSSR count). The van der Waals surface area contributed by atoms with Crippen molar-refractivity contribution >= 4 is 11.4 Å². The summed E-state index contributed by atoms with van der Waals surface area (Å²) in [4.78, 5) is 13.2. The van der Waals surface area contributed by atoms with Crippen LogP contribution in [0.4, 0.5) is 11.4 Å². The third kappa shape index (κ3) is 3.18. The summed E-state index contributed by atoms with van der Waals surface area (Å²) in [6.07, 6.45) is 3.50. The second kappa shape index (κ2) is 6.88. The first-order valence-electron chi connectivity index (χ1n) is 7.85. The number of benzene rings is 1. The van der Waals surface area contributed by atoms with Crippen molar-refractivity contribution in [2.45, 2.75) is 13.0 Å². The van der Waals surface area contributed by atoms with Gasteiger partial charge < -0.3 is 14.4 Å². The SMILES string of the molecule is CCOc1cccc(N2CCOC(c3cnn(C)c3)C2)c1[N+](=O)[O-]. The number of rotatable bonds is 5. The molecule has 0 aliphatic carbocycles. The van der Waals surface area contributed by atoms with Crippen LogP contribution in [0.25, 0.3) is 0 Å². The summed E-state index contributed by atoms with van der Waals surface area (Å²) in [7, 11) is 1.85. The number of hydrogen-bond acceptors (Lipinski definition) is 6. The minimum Gasteiger partial charge on any atom is -0.487 e. The van der Waals surface area contributed by atoms with E-state index in [4.69, 9.17) is 9.47 Å². The lowest BCUT2D eigenvalue weighted by Crippen LogP contribution is -2.38. The number of para-hydroxylation sites is 1. The molecule has 0 spiro atoms.